The third-order valence-electron chi connectivity index (χ3n) is 4.29. The number of furan rings is 1. The minimum atomic E-state index is -0.213. The van der Waals surface area contributed by atoms with E-state index < -0.39 is 0 Å². The normalized spacial score (nSPS) is 16.6. The molecule has 7 heteroatoms. The molecule has 1 N–H and O–H groups in total. The highest BCUT2D eigenvalue weighted by Gasteiger charge is 2.24. The van der Waals surface area contributed by atoms with Crippen molar-refractivity contribution >= 4 is 33.4 Å². The molecule has 1 fully saturated rings. The first kappa shape index (κ1) is 18.5. The van der Waals surface area contributed by atoms with Crippen LogP contribution < -0.4 is 5.32 Å². The molecule has 1 amide bonds. The molecule has 2 heterocycles. The van der Waals surface area contributed by atoms with Crippen molar-refractivity contribution in [3.8, 4) is 0 Å². The first-order valence-corrected chi connectivity index (χ1v) is 9.33. The molecule has 0 aliphatic carbocycles. The number of hydrogen-bond donors (Lipinski definition) is 1. The number of benzene rings is 1. The third kappa shape index (κ3) is 4.64. The molecule has 25 heavy (non-hydrogen) atoms. The smallest absolute Gasteiger partial charge is 0.287 e. The van der Waals surface area contributed by atoms with Crippen molar-refractivity contribution in [2.75, 3.05) is 32.8 Å². The van der Waals surface area contributed by atoms with Crippen LogP contribution in [0.4, 0.5) is 0 Å². The number of hydrogen-bond acceptors (Lipinski definition) is 4. The summed E-state index contributed by atoms with van der Waals surface area (Å²) in [6, 6.07) is 9.60. The quantitative estimate of drug-likeness (QED) is 0.788. The van der Waals surface area contributed by atoms with Gasteiger partial charge in [-0.3, -0.25) is 9.69 Å². The summed E-state index contributed by atoms with van der Waals surface area (Å²) in [6.45, 7) is 5.38. The van der Waals surface area contributed by atoms with Crippen molar-refractivity contribution in [2.24, 2.45) is 0 Å². The van der Waals surface area contributed by atoms with Gasteiger partial charge in [0.25, 0.3) is 5.91 Å². The molecule has 1 aromatic carbocycles. The van der Waals surface area contributed by atoms with Crippen LogP contribution in [0.1, 0.15) is 27.7 Å². The minimum absolute atomic E-state index is 0.0591. The summed E-state index contributed by atoms with van der Waals surface area (Å²) in [6.07, 6.45) is 0. The van der Waals surface area contributed by atoms with Gasteiger partial charge in [0.05, 0.1) is 19.3 Å². The first-order valence-electron chi connectivity index (χ1n) is 8.16. The minimum Gasteiger partial charge on any atom is -0.444 e. The molecule has 0 bridgehead atoms. The molecule has 0 radical (unpaired) electrons. The summed E-state index contributed by atoms with van der Waals surface area (Å²) in [4.78, 5) is 14.8. The fourth-order valence-corrected chi connectivity index (χ4v) is 3.60. The predicted molar refractivity (Wildman–Crippen MR) is 100 cm³/mol. The fourth-order valence-electron chi connectivity index (χ4n) is 2.97. The van der Waals surface area contributed by atoms with Gasteiger partial charge in [0.15, 0.2) is 10.4 Å². The van der Waals surface area contributed by atoms with Gasteiger partial charge >= 0.3 is 0 Å². The monoisotopic (exact) mass is 426 g/mol. The van der Waals surface area contributed by atoms with E-state index in [1.807, 2.05) is 31.2 Å². The van der Waals surface area contributed by atoms with Crippen molar-refractivity contribution < 1.29 is 13.9 Å². The van der Waals surface area contributed by atoms with Crippen LogP contribution in [-0.2, 0) is 4.74 Å². The molecule has 134 valence electrons. The first-order chi connectivity index (χ1) is 12.0. The largest absolute Gasteiger partial charge is 0.444 e. The summed E-state index contributed by atoms with van der Waals surface area (Å²) in [7, 11) is 0. The van der Waals surface area contributed by atoms with E-state index in [2.05, 4.69) is 26.1 Å². The van der Waals surface area contributed by atoms with E-state index in [4.69, 9.17) is 20.8 Å². The Bertz CT molecular complexity index is 726. The van der Waals surface area contributed by atoms with Gasteiger partial charge in [0.1, 0.15) is 0 Å². The standard InChI is InChI=1S/C18H20BrClN2O3/c1-12-10-16(19)25-17(12)18(23)21-11-15(22-6-8-24-9-7-22)13-2-4-14(20)5-3-13/h2-5,10,15H,6-9,11H2,1H3,(H,21,23). The Labute approximate surface area is 160 Å². The highest BCUT2D eigenvalue weighted by Crippen LogP contribution is 2.24. The third-order valence-corrected chi connectivity index (χ3v) is 4.93. The number of carbonyl (C=O) groups is 1. The molecule has 1 unspecified atom stereocenters. The lowest BCUT2D eigenvalue weighted by molar-refractivity contribution is 0.0161. The van der Waals surface area contributed by atoms with E-state index in [1.165, 1.54) is 0 Å². The van der Waals surface area contributed by atoms with Crippen molar-refractivity contribution in [2.45, 2.75) is 13.0 Å². The summed E-state index contributed by atoms with van der Waals surface area (Å²) in [5.74, 6) is 0.124. The summed E-state index contributed by atoms with van der Waals surface area (Å²) < 4.78 is 11.4. The lowest BCUT2D eigenvalue weighted by Gasteiger charge is -2.34. The van der Waals surface area contributed by atoms with Gasteiger partial charge in [-0.1, -0.05) is 23.7 Å². The van der Waals surface area contributed by atoms with Crippen LogP contribution in [0.25, 0.3) is 0 Å². The number of rotatable bonds is 5. The van der Waals surface area contributed by atoms with Crippen LogP contribution in [0.15, 0.2) is 39.4 Å². The van der Waals surface area contributed by atoms with E-state index in [9.17, 15) is 4.79 Å². The van der Waals surface area contributed by atoms with Gasteiger partial charge in [-0.15, -0.1) is 0 Å². The number of nitrogens with zero attached hydrogens (tertiary/aromatic N) is 1. The van der Waals surface area contributed by atoms with E-state index in [0.29, 0.717) is 35.2 Å². The van der Waals surface area contributed by atoms with Crippen LogP contribution in [-0.4, -0.2) is 43.7 Å². The average molecular weight is 428 g/mol. The number of halogens is 2. The second-order valence-electron chi connectivity index (χ2n) is 5.99. The van der Waals surface area contributed by atoms with Crippen LogP contribution in [0, 0.1) is 6.92 Å². The van der Waals surface area contributed by atoms with Gasteiger partial charge < -0.3 is 14.5 Å². The molecule has 2 aromatic rings. The number of nitrogens with one attached hydrogen (secondary N) is 1. The second kappa shape index (κ2) is 8.36. The Morgan fingerprint density at radius 2 is 2.00 bits per heavy atom. The molecule has 1 saturated heterocycles. The molecule has 3 rings (SSSR count). The molecule has 1 aliphatic heterocycles. The Morgan fingerprint density at radius 3 is 2.60 bits per heavy atom. The van der Waals surface area contributed by atoms with Gasteiger partial charge in [-0.25, -0.2) is 0 Å². The highest BCUT2D eigenvalue weighted by molar-refractivity contribution is 9.10. The Balaban J connectivity index is 1.74. The van der Waals surface area contributed by atoms with E-state index in [-0.39, 0.29) is 11.9 Å². The lowest BCUT2D eigenvalue weighted by atomic mass is 10.0. The topological polar surface area (TPSA) is 54.7 Å². The van der Waals surface area contributed by atoms with E-state index >= 15 is 0 Å². The summed E-state index contributed by atoms with van der Waals surface area (Å²) >= 11 is 9.27. The number of carbonyl (C=O) groups excluding carboxylic acids is 1. The Hall–Kier alpha value is -1.34. The summed E-state index contributed by atoms with van der Waals surface area (Å²) in [5, 5.41) is 3.69. The van der Waals surface area contributed by atoms with Gasteiger partial charge in [0, 0.05) is 30.2 Å². The van der Waals surface area contributed by atoms with Crippen LogP contribution in [0.3, 0.4) is 0 Å². The number of morpholine rings is 1. The summed E-state index contributed by atoms with van der Waals surface area (Å²) in [5.41, 5.74) is 1.92. The SMILES string of the molecule is Cc1cc(Br)oc1C(=O)NCC(c1ccc(Cl)cc1)N1CCOCC1. The number of aryl methyl sites for hydroxylation is 1. The molecule has 0 saturated carbocycles. The van der Waals surface area contributed by atoms with Crippen LogP contribution in [0.5, 0.6) is 0 Å². The Morgan fingerprint density at radius 1 is 1.32 bits per heavy atom. The molecule has 1 aromatic heterocycles. The van der Waals surface area contributed by atoms with Crippen molar-refractivity contribution in [1.29, 1.82) is 0 Å². The highest BCUT2D eigenvalue weighted by atomic mass is 79.9. The molecule has 5 nitrogen and oxygen atoms in total. The molecule has 0 spiro atoms. The van der Waals surface area contributed by atoms with E-state index in [0.717, 1.165) is 24.2 Å². The lowest BCUT2D eigenvalue weighted by Crippen LogP contribution is -2.43. The molecule has 1 atom stereocenters. The molecular weight excluding hydrogens is 408 g/mol. The zero-order valence-electron chi connectivity index (χ0n) is 13.9. The zero-order valence-corrected chi connectivity index (χ0v) is 16.3. The van der Waals surface area contributed by atoms with Gasteiger partial charge in [-0.05, 0) is 46.6 Å². The van der Waals surface area contributed by atoms with Crippen LogP contribution in [0.2, 0.25) is 5.02 Å². The maximum atomic E-state index is 12.5. The number of amides is 1. The van der Waals surface area contributed by atoms with Crippen molar-refractivity contribution in [3.05, 3.63) is 56.9 Å². The van der Waals surface area contributed by atoms with Crippen molar-refractivity contribution in [3.63, 3.8) is 0 Å². The maximum Gasteiger partial charge on any atom is 0.287 e. The van der Waals surface area contributed by atoms with Gasteiger partial charge in [0.2, 0.25) is 0 Å². The van der Waals surface area contributed by atoms with E-state index in [1.54, 1.807) is 6.07 Å². The number of ether oxygens (including phenoxy) is 1. The molecular formula is C18H20BrClN2O3. The van der Waals surface area contributed by atoms with Crippen LogP contribution >= 0.6 is 27.5 Å². The maximum absolute atomic E-state index is 12.5. The average Bonchev–Trinajstić information content (AvgIpc) is 2.96. The predicted octanol–water partition coefficient (Wildman–Crippen LogP) is 3.81. The fraction of sp³-hybridized carbons (Fsp3) is 0.389. The Kier molecular flexibility index (Phi) is 6.17. The van der Waals surface area contributed by atoms with Crippen molar-refractivity contribution in [1.82, 2.24) is 10.2 Å². The molecule has 1 aliphatic rings. The second-order valence-corrected chi connectivity index (χ2v) is 7.21. The zero-order chi connectivity index (χ0) is 17.8. The van der Waals surface area contributed by atoms with Gasteiger partial charge in [-0.2, -0.15) is 0 Å².